The Kier molecular flexibility index (Phi) is 6.50. The second kappa shape index (κ2) is 8.85. The van der Waals surface area contributed by atoms with E-state index in [2.05, 4.69) is 39.5 Å². The van der Waals surface area contributed by atoms with Crippen LogP contribution in [-0.4, -0.2) is 22.3 Å². The molecular weight excluding hydrogens is 401 g/mol. The van der Waals surface area contributed by atoms with Crippen molar-refractivity contribution in [3.63, 3.8) is 0 Å². The molecule has 0 atom stereocenters. The van der Waals surface area contributed by atoms with E-state index in [1.54, 1.807) is 24.3 Å². The maximum atomic E-state index is 12.3. The maximum absolute atomic E-state index is 12.3. The van der Waals surface area contributed by atoms with Crippen LogP contribution in [0.25, 0.3) is 0 Å². The number of hydrogen-bond donors (Lipinski definition) is 1. The van der Waals surface area contributed by atoms with Crippen LogP contribution in [-0.2, 0) is 19.5 Å². The highest BCUT2D eigenvalue weighted by Crippen LogP contribution is 2.23. The molecule has 1 aliphatic heterocycles. The number of halogens is 2. The van der Waals surface area contributed by atoms with Gasteiger partial charge in [0.1, 0.15) is 0 Å². The number of carbonyl (C=O) groups is 1. The van der Waals surface area contributed by atoms with E-state index in [0.717, 1.165) is 31.7 Å². The van der Waals surface area contributed by atoms with Gasteiger partial charge in [0, 0.05) is 35.6 Å². The first-order valence-corrected chi connectivity index (χ1v) is 9.73. The standard InChI is InChI=1S/C20H18ClN3OS.ClH/c21-17-7-3-6-15(10-17)19(25)23-20-22-18(13-26-20)12-24-9-8-14-4-1-2-5-16(14)11-24;/h1-7,10,13H,8-9,11-12H2,(H,22,23,25);1H. The minimum atomic E-state index is -0.194. The Bertz CT molecular complexity index is 944. The zero-order valence-electron chi connectivity index (χ0n) is 14.5. The summed E-state index contributed by atoms with van der Waals surface area (Å²) in [6.07, 6.45) is 1.07. The first-order valence-electron chi connectivity index (χ1n) is 8.48. The minimum Gasteiger partial charge on any atom is -0.298 e. The smallest absolute Gasteiger partial charge is 0.257 e. The van der Waals surface area contributed by atoms with Crippen molar-refractivity contribution in [2.24, 2.45) is 0 Å². The lowest BCUT2D eigenvalue weighted by Gasteiger charge is -2.27. The van der Waals surface area contributed by atoms with Crippen LogP contribution in [0.4, 0.5) is 5.13 Å². The molecule has 0 saturated heterocycles. The highest BCUT2D eigenvalue weighted by atomic mass is 35.5. The van der Waals surface area contributed by atoms with Crippen LogP contribution in [0.5, 0.6) is 0 Å². The Labute approximate surface area is 173 Å². The topological polar surface area (TPSA) is 45.2 Å². The van der Waals surface area contributed by atoms with Gasteiger partial charge in [-0.1, -0.05) is 41.9 Å². The molecule has 1 amide bonds. The van der Waals surface area contributed by atoms with Crippen LogP contribution >= 0.6 is 35.3 Å². The Morgan fingerprint density at radius 2 is 2.00 bits per heavy atom. The van der Waals surface area contributed by atoms with E-state index in [4.69, 9.17) is 11.6 Å². The monoisotopic (exact) mass is 419 g/mol. The zero-order chi connectivity index (χ0) is 17.9. The first kappa shape index (κ1) is 19.8. The molecule has 0 unspecified atom stereocenters. The number of fused-ring (bicyclic) bond motifs is 1. The third-order valence-electron chi connectivity index (χ3n) is 4.45. The van der Waals surface area contributed by atoms with Crippen molar-refractivity contribution >= 4 is 46.4 Å². The number of nitrogens with one attached hydrogen (secondary N) is 1. The van der Waals surface area contributed by atoms with Gasteiger partial charge in [0.2, 0.25) is 0 Å². The number of nitrogens with zero attached hydrogens (tertiary/aromatic N) is 2. The summed E-state index contributed by atoms with van der Waals surface area (Å²) in [5.41, 5.74) is 4.35. The Morgan fingerprint density at radius 3 is 2.81 bits per heavy atom. The normalized spacial score (nSPS) is 13.5. The van der Waals surface area contributed by atoms with Crippen molar-refractivity contribution < 1.29 is 4.79 Å². The molecule has 7 heteroatoms. The fourth-order valence-electron chi connectivity index (χ4n) is 3.15. The molecular formula is C20H19Cl2N3OS. The van der Waals surface area contributed by atoms with Crippen LogP contribution in [0.2, 0.25) is 5.02 Å². The number of thiazole rings is 1. The van der Waals surface area contributed by atoms with Crippen molar-refractivity contribution in [3.05, 3.63) is 81.3 Å². The molecule has 0 fully saturated rings. The van der Waals surface area contributed by atoms with Gasteiger partial charge in [0.05, 0.1) is 5.69 Å². The molecule has 4 nitrogen and oxygen atoms in total. The van der Waals surface area contributed by atoms with Crippen LogP contribution in [0, 0.1) is 0 Å². The van der Waals surface area contributed by atoms with E-state index < -0.39 is 0 Å². The van der Waals surface area contributed by atoms with Crippen LogP contribution in [0.3, 0.4) is 0 Å². The third-order valence-corrected chi connectivity index (χ3v) is 5.50. The second-order valence-corrected chi connectivity index (χ2v) is 7.63. The highest BCUT2D eigenvalue weighted by Gasteiger charge is 2.17. The van der Waals surface area contributed by atoms with Gasteiger partial charge < -0.3 is 0 Å². The largest absolute Gasteiger partial charge is 0.298 e. The van der Waals surface area contributed by atoms with Gasteiger partial charge in [-0.2, -0.15) is 0 Å². The van der Waals surface area contributed by atoms with E-state index in [1.807, 2.05) is 5.38 Å². The van der Waals surface area contributed by atoms with Crippen LogP contribution < -0.4 is 5.32 Å². The van der Waals surface area contributed by atoms with Gasteiger partial charge in [-0.05, 0) is 35.7 Å². The minimum absolute atomic E-state index is 0. The Balaban J connectivity index is 0.00000210. The predicted molar refractivity (Wildman–Crippen MR) is 113 cm³/mol. The molecule has 0 saturated carbocycles. The quantitative estimate of drug-likeness (QED) is 0.644. The second-order valence-electron chi connectivity index (χ2n) is 6.34. The summed E-state index contributed by atoms with van der Waals surface area (Å²) in [4.78, 5) is 19.2. The van der Waals surface area contributed by atoms with Gasteiger partial charge >= 0.3 is 0 Å². The van der Waals surface area contributed by atoms with Gasteiger partial charge in [0.15, 0.2) is 5.13 Å². The molecule has 0 aliphatic carbocycles. The molecule has 140 valence electrons. The highest BCUT2D eigenvalue weighted by molar-refractivity contribution is 7.14. The number of anilines is 1. The molecule has 1 aromatic heterocycles. The van der Waals surface area contributed by atoms with Gasteiger partial charge in [0.25, 0.3) is 5.91 Å². The molecule has 4 rings (SSSR count). The summed E-state index contributed by atoms with van der Waals surface area (Å²) in [5, 5.41) is 6.02. The van der Waals surface area contributed by atoms with Crippen molar-refractivity contribution in [1.82, 2.24) is 9.88 Å². The molecule has 0 radical (unpaired) electrons. The first-order chi connectivity index (χ1) is 12.7. The average molecular weight is 420 g/mol. The third kappa shape index (κ3) is 4.87. The number of amides is 1. The van der Waals surface area contributed by atoms with Crippen molar-refractivity contribution in [1.29, 1.82) is 0 Å². The number of carbonyl (C=O) groups excluding carboxylic acids is 1. The molecule has 27 heavy (non-hydrogen) atoms. The molecule has 2 aromatic carbocycles. The lowest BCUT2D eigenvalue weighted by atomic mass is 10.00. The summed E-state index contributed by atoms with van der Waals surface area (Å²) in [7, 11) is 0. The van der Waals surface area contributed by atoms with E-state index in [9.17, 15) is 4.79 Å². The molecule has 2 heterocycles. The fraction of sp³-hybridized carbons (Fsp3) is 0.200. The number of rotatable bonds is 4. The number of benzene rings is 2. The van der Waals surface area contributed by atoms with Crippen LogP contribution in [0.15, 0.2) is 53.9 Å². The fourth-order valence-corrected chi connectivity index (χ4v) is 4.04. The molecule has 1 aliphatic rings. The average Bonchev–Trinajstić information content (AvgIpc) is 3.08. The SMILES string of the molecule is Cl.O=C(Nc1nc(CN2CCc3ccccc3C2)cs1)c1cccc(Cl)c1. The van der Waals surface area contributed by atoms with Crippen LogP contribution in [0.1, 0.15) is 27.2 Å². The maximum Gasteiger partial charge on any atom is 0.257 e. The number of hydrogen-bond acceptors (Lipinski definition) is 4. The van der Waals surface area contributed by atoms with E-state index in [1.165, 1.54) is 22.5 Å². The Hall–Kier alpha value is -1.92. The van der Waals surface area contributed by atoms with Crippen molar-refractivity contribution in [2.45, 2.75) is 19.5 Å². The Morgan fingerprint density at radius 1 is 1.19 bits per heavy atom. The van der Waals surface area contributed by atoms with Gasteiger partial charge in [-0.25, -0.2) is 4.98 Å². The summed E-state index contributed by atoms with van der Waals surface area (Å²) < 4.78 is 0. The van der Waals surface area contributed by atoms with Gasteiger partial charge in [-0.15, -0.1) is 23.7 Å². The van der Waals surface area contributed by atoms with Gasteiger partial charge in [-0.3, -0.25) is 15.0 Å². The zero-order valence-corrected chi connectivity index (χ0v) is 16.9. The summed E-state index contributed by atoms with van der Waals surface area (Å²) in [6, 6.07) is 15.5. The summed E-state index contributed by atoms with van der Waals surface area (Å²) >= 11 is 7.39. The van der Waals surface area contributed by atoms with Crippen molar-refractivity contribution in [3.8, 4) is 0 Å². The molecule has 1 N–H and O–H groups in total. The van der Waals surface area contributed by atoms with E-state index in [0.29, 0.717) is 15.7 Å². The number of aromatic nitrogens is 1. The summed E-state index contributed by atoms with van der Waals surface area (Å²) in [6.45, 7) is 2.76. The molecule has 0 spiro atoms. The van der Waals surface area contributed by atoms with E-state index >= 15 is 0 Å². The predicted octanol–water partition coefficient (Wildman–Crippen LogP) is 5.03. The van der Waals surface area contributed by atoms with E-state index in [-0.39, 0.29) is 18.3 Å². The van der Waals surface area contributed by atoms with Crippen molar-refractivity contribution in [2.75, 3.05) is 11.9 Å². The lowest BCUT2D eigenvalue weighted by molar-refractivity contribution is 0.102. The molecule has 0 bridgehead atoms. The molecule has 3 aromatic rings. The summed E-state index contributed by atoms with van der Waals surface area (Å²) in [5.74, 6) is -0.194. The lowest BCUT2D eigenvalue weighted by Crippen LogP contribution is -2.30.